The third-order valence-electron chi connectivity index (χ3n) is 9.89. The van der Waals surface area contributed by atoms with Crippen molar-refractivity contribution < 1.29 is 40.6 Å². The number of nitrogens with two attached hydrogens (primary N) is 1. The summed E-state index contributed by atoms with van der Waals surface area (Å²) in [4.78, 5) is 42.6. The average Bonchev–Trinajstić information content (AvgIpc) is 3.30. The first-order valence-corrected chi connectivity index (χ1v) is 25.1. The van der Waals surface area contributed by atoms with Crippen LogP contribution in [-0.2, 0) is 40.1 Å². The predicted octanol–water partition coefficient (Wildman–Crippen LogP) is 10.2. The minimum absolute atomic E-state index is 0.00479. The first kappa shape index (κ1) is 56.3. The minimum Gasteiger partial charge on any atom is -0.399 e. The highest BCUT2D eigenvalue weighted by molar-refractivity contribution is 9.10. The van der Waals surface area contributed by atoms with E-state index in [1.807, 2.05) is 32.9 Å². The van der Waals surface area contributed by atoms with Crippen molar-refractivity contribution in [2.24, 2.45) is 0 Å². The molecule has 17 nitrogen and oxygen atoms in total. The molecule has 370 valence electrons. The molecular weight excluding hydrogens is 1050 g/mol. The SMILES string of the molecule is C=[O+]N(C)C(=O)c1cccc([N+](=O)[O-])c1.CC(C)(C)c1ccc(S(=O)(=O)Nc2cc(Cl)cnc2C(=O)c2cccc(N)c2)cc1.COCN(c1cc(Cl)cnc1Br)S(=O)(=O)c1ccc(C(C)(C)C)cc1. The van der Waals surface area contributed by atoms with Crippen LogP contribution in [0, 0.1) is 10.1 Å². The maximum absolute atomic E-state index is 13.1. The van der Waals surface area contributed by atoms with E-state index in [9.17, 15) is 36.5 Å². The van der Waals surface area contributed by atoms with Gasteiger partial charge in [-0.05, 0) is 92.5 Å². The number of amides is 1. The number of hydrogen-bond acceptors (Lipinski definition) is 12. The lowest BCUT2D eigenvalue weighted by Crippen LogP contribution is -2.33. The van der Waals surface area contributed by atoms with Crippen molar-refractivity contribution in [3.05, 3.63) is 174 Å². The number of ether oxygens (including phenoxy) is 1. The number of nitrogens with zero attached hydrogens (tertiary/aromatic N) is 5. The Balaban J connectivity index is 0.000000241. The van der Waals surface area contributed by atoms with Crippen LogP contribution in [0.5, 0.6) is 0 Å². The standard InChI is InChI=1S/C22H22ClN3O3S.C17H20BrClN2O3S.C9H9N2O4/c1-22(2,3)15-7-9-18(10-8-15)30(28,29)26-19-12-16(23)13-25-20(19)21(27)14-5-4-6-17(24)11-14;1-17(2,3)12-5-7-14(8-6-12)25(22,23)21(11-24-4)15-9-13(19)10-20-16(15)18;1-10(15-2)9(12)7-4-3-5-8(6-7)11(13)14/h4-13,26H,24H2,1-3H3;5-10H,11H2,1-4H3;3-6H,2H2,1H3/q;;+1. The Morgan fingerprint density at radius 3 is 1.87 bits per heavy atom. The number of anilines is 3. The summed E-state index contributed by atoms with van der Waals surface area (Å²) in [7, 11) is -5.01. The van der Waals surface area contributed by atoms with Crippen LogP contribution in [0.3, 0.4) is 0 Å². The zero-order valence-electron chi connectivity index (χ0n) is 39.3. The van der Waals surface area contributed by atoms with E-state index in [4.69, 9.17) is 33.7 Å². The van der Waals surface area contributed by atoms with Crippen molar-refractivity contribution in [1.29, 1.82) is 0 Å². The number of nitro groups is 1. The second-order valence-electron chi connectivity index (χ2n) is 17.1. The van der Waals surface area contributed by atoms with Crippen LogP contribution in [0.4, 0.5) is 22.7 Å². The molecule has 0 atom stereocenters. The second kappa shape index (κ2) is 23.5. The van der Waals surface area contributed by atoms with Crippen molar-refractivity contribution in [2.45, 2.75) is 62.2 Å². The monoisotopic (exact) mass is 1100 g/mol. The van der Waals surface area contributed by atoms with Gasteiger partial charge in [-0.1, -0.05) is 107 Å². The molecule has 0 unspecified atom stereocenters. The van der Waals surface area contributed by atoms with E-state index in [2.05, 4.69) is 62.7 Å². The predicted molar refractivity (Wildman–Crippen MR) is 275 cm³/mol. The van der Waals surface area contributed by atoms with Gasteiger partial charge < -0.3 is 10.5 Å². The largest absolute Gasteiger partial charge is 0.399 e. The number of ketones is 1. The second-order valence-corrected chi connectivity index (χ2v) is 22.3. The van der Waals surface area contributed by atoms with Gasteiger partial charge in [0.2, 0.25) is 5.78 Å². The first-order valence-electron chi connectivity index (χ1n) is 20.7. The highest BCUT2D eigenvalue weighted by atomic mass is 79.9. The van der Waals surface area contributed by atoms with Gasteiger partial charge >= 0.3 is 12.7 Å². The normalized spacial score (nSPS) is 11.5. The Kier molecular flexibility index (Phi) is 18.9. The number of rotatable bonds is 13. The number of non-ortho nitro benzene ring substituents is 1. The van der Waals surface area contributed by atoms with Crippen LogP contribution >= 0.6 is 39.1 Å². The van der Waals surface area contributed by atoms with Gasteiger partial charge in [0, 0.05) is 48.0 Å². The van der Waals surface area contributed by atoms with Crippen molar-refractivity contribution in [1.82, 2.24) is 15.0 Å². The lowest BCUT2D eigenvalue weighted by Gasteiger charge is -2.25. The Labute approximate surface area is 425 Å². The molecule has 22 heteroatoms. The van der Waals surface area contributed by atoms with E-state index in [-0.39, 0.29) is 55.0 Å². The number of nitrogens with one attached hydrogen (secondary N) is 1. The van der Waals surface area contributed by atoms with E-state index in [0.717, 1.165) is 20.5 Å². The molecule has 0 saturated heterocycles. The van der Waals surface area contributed by atoms with E-state index in [1.54, 1.807) is 42.5 Å². The van der Waals surface area contributed by atoms with E-state index in [1.165, 1.54) is 81.1 Å². The molecule has 0 bridgehead atoms. The van der Waals surface area contributed by atoms with Gasteiger partial charge in [0.15, 0.2) is 0 Å². The molecule has 2 aromatic heterocycles. The van der Waals surface area contributed by atoms with Crippen molar-refractivity contribution in [2.75, 3.05) is 35.6 Å². The molecule has 0 aliphatic heterocycles. The molecule has 3 N–H and O–H groups in total. The van der Waals surface area contributed by atoms with Gasteiger partial charge in [-0.25, -0.2) is 31.1 Å². The molecule has 4 aromatic carbocycles. The molecule has 6 rings (SSSR count). The number of sulfonamides is 2. The molecule has 0 aliphatic rings. The number of benzene rings is 4. The Morgan fingerprint density at radius 1 is 0.814 bits per heavy atom. The smallest absolute Gasteiger partial charge is 0.337 e. The molecule has 0 spiro atoms. The van der Waals surface area contributed by atoms with E-state index >= 15 is 0 Å². The maximum Gasteiger partial charge on any atom is 0.337 e. The number of carbonyl (C=O) groups is 2. The van der Waals surface area contributed by atoms with Crippen molar-refractivity contribution >= 4 is 100 Å². The quantitative estimate of drug-likeness (QED) is 0.0209. The van der Waals surface area contributed by atoms with Crippen LogP contribution in [-0.4, -0.2) is 76.2 Å². The number of hydrogen-bond donors (Lipinski definition) is 2. The highest BCUT2D eigenvalue weighted by Crippen LogP contribution is 2.33. The Hall–Kier alpha value is -6.29. The average molecular weight is 1100 g/mol. The maximum atomic E-state index is 13.1. The number of carbonyl (C=O) groups excluding carboxylic acids is 3. The molecule has 0 radical (unpaired) electrons. The fraction of sp³-hybridized carbons (Fsp3) is 0.229. The van der Waals surface area contributed by atoms with Crippen LogP contribution in [0.25, 0.3) is 0 Å². The molecule has 70 heavy (non-hydrogen) atoms. The molecular formula is C48H51BrCl2N7O10S2+. The number of nitrogen functional groups attached to an aromatic ring is 1. The summed E-state index contributed by atoms with van der Waals surface area (Å²) in [6.07, 6.45) is 2.72. The number of pyridine rings is 2. The zero-order valence-corrected chi connectivity index (χ0v) is 44.0. The number of aromatic nitrogens is 2. The molecule has 0 saturated carbocycles. The van der Waals surface area contributed by atoms with Crippen LogP contribution in [0.2, 0.25) is 10.0 Å². The molecule has 1 amide bonds. The van der Waals surface area contributed by atoms with Crippen LogP contribution < -0.4 is 14.8 Å². The van der Waals surface area contributed by atoms with Gasteiger partial charge in [-0.2, -0.15) is 0 Å². The van der Waals surface area contributed by atoms with Gasteiger partial charge in [-0.15, -0.1) is 4.53 Å². The molecule has 0 fully saturated rings. The van der Waals surface area contributed by atoms with Crippen LogP contribution in [0.1, 0.15) is 79.1 Å². The van der Waals surface area contributed by atoms with E-state index in [0.29, 0.717) is 26.6 Å². The van der Waals surface area contributed by atoms with Crippen LogP contribution in [0.15, 0.2) is 136 Å². The third kappa shape index (κ3) is 14.9. The van der Waals surface area contributed by atoms with Gasteiger partial charge in [0.05, 0.1) is 48.7 Å². The summed E-state index contributed by atoms with van der Waals surface area (Å²) >= 11 is 15.3. The topological polar surface area (TPSA) is 236 Å². The minimum atomic E-state index is -3.96. The number of nitro benzene ring substituents is 1. The highest BCUT2D eigenvalue weighted by Gasteiger charge is 2.29. The molecule has 2 heterocycles. The fourth-order valence-electron chi connectivity index (χ4n) is 6.07. The van der Waals surface area contributed by atoms with Crippen molar-refractivity contribution in [3.63, 3.8) is 0 Å². The zero-order chi connectivity index (χ0) is 52.4. The lowest BCUT2D eigenvalue weighted by atomic mass is 9.87. The Bertz CT molecular complexity index is 3100. The number of methoxy groups -OCH3 is 1. The van der Waals surface area contributed by atoms with E-state index < -0.39 is 36.7 Å². The number of hydroxylamine groups is 2. The van der Waals surface area contributed by atoms with Gasteiger partial charge in [0.25, 0.3) is 25.7 Å². The molecule has 6 aromatic rings. The molecule has 0 aliphatic carbocycles. The summed E-state index contributed by atoms with van der Waals surface area (Å²) in [5.41, 5.74) is 8.62. The Morgan fingerprint density at radius 2 is 1.34 bits per heavy atom. The summed E-state index contributed by atoms with van der Waals surface area (Å²) in [5.74, 6) is -0.964. The van der Waals surface area contributed by atoms with Gasteiger partial charge in [-0.3, -0.25) is 24.4 Å². The fourth-order valence-corrected chi connectivity index (χ4v) is 9.36. The number of halogens is 3. The summed E-state index contributed by atoms with van der Waals surface area (Å²) in [5, 5.41) is 11.9. The summed E-state index contributed by atoms with van der Waals surface area (Å²) in [6, 6.07) is 28.1. The summed E-state index contributed by atoms with van der Waals surface area (Å²) in [6.45, 7) is 15.2. The first-order chi connectivity index (χ1) is 32.6. The van der Waals surface area contributed by atoms with Gasteiger partial charge in [0.1, 0.15) is 17.0 Å². The lowest BCUT2D eigenvalue weighted by molar-refractivity contribution is -0.605. The van der Waals surface area contributed by atoms with Crippen molar-refractivity contribution in [3.8, 4) is 0 Å². The summed E-state index contributed by atoms with van der Waals surface area (Å²) < 4.78 is 65.5. The third-order valence-corrected chi connectivity index (χ3v) is 14.0.